The molecule has 7 heteroatoms. The number of fused-ring (bicyclic) bond motifs is 4. The molecule has 9 aromatic rings. The first kappa shape index (κ1) is 38.8. The van der Waals surface area contributed by atoms with Gasteiger partial charge in [-0.2, -0.15) is 0 Å². The summed E-state index contributed by atoms with van der Waals surface area (Å²) in [7, 11) is -1.23. The van der Waals surface area contributed by atoms with Crippen LogP contribution in [0.4, 0.5) is 4.39 Å². The standard InChI is InChI=1S/C35H26FN2O.C14H16NSi.Ir/c1-20-9-7-10-21(2)33(20)38-30-14-6-5-13-29(30)37-35(38)27-12-8-11-26-28-19-24(15-16-31(28)39-34(26)27)32-22(3)17-25(36)18-23(32)4;1-16(2,3)13-9-10-14(15-11-13)12-7-5-4-6-8-12;/h5-11,13-19H,1-4H3;4-7,9-11H,1-3H3;/q2*-1;. The van der Waals surface area contributed by atoms with Crippen LogP contribution in [0.2, 0.25) is 19.6 Å². The zero-order chi connectivity index (χ0) is 38.4. The van der Waals surface area contributed by atoms with E-state index in [0.29, 0.717) is 0 Å². The Morgan fingerprint density at radius 1 is 0.696 bits per heavy atom. The first-order valence-corrected chi connectivity index (χ1v) is 22.1. The summed E-state index contributed by atoms with van der Waals surface area (Å²) in [5.41, 5.74) is 13.8. The van der Waals surface area contributed by atoms with E-state index < -0.39 is 8.07 Å². The molecular formula is C49H42FIrN3OSi-2. The number of rotatable bonds is 5. The first-order chi connectivity index (χ1) is 26.5. The SMILES string of the molecule is C[Si](C)(C)c1ccc(-c2[c-]cccc2)nc1.Cc1cc(F)cc(C)c1-c1ccc2oc3c(-c4nc5ccccc5n4-c4c(C)cccc4C)[c-]ccc3c2c1.[Ir]. The Hall–Kier alpha value is -5.46. The molecule has 0 amide bonds. The van der Waals surface area contributed by atoms with Crippen LogP contribution in [0.3, 0.4) is 0 Å². The molecule has 0 aliphatic carbocycles. The Morgan fingerprint density at radius 3 is 2.11 bits per heavy atom. The number of para-hydroxylation sites is 3. The number of halogens is 1. The van der Waals surface area contributed by atoms with Crippen LogP contribution in [-0.4, -0.2) is 22.6 Å². The van der Waals surface area contributed by atoms with E-state index in [1.54, 1.807) is 12.1 Å². The topological polar surface area (TPSA) is 43.9 Å². The minimum Gasteiger partial charge on any atom is -0.501 e. The van der Waals surface area contributed by atoms with Crippen molar-refractivity contribution in [2.75, 3.05) is 0 Å². The van der Waals surface area contributed by atoms with E-state index in [9.17, 15) is 4.39 Å². The molecule has 0 saturated heterocycles. The van der Waals surface area contributed by atoms with Gasteiger partial charge in [0.25, 0.3) is 0 Å². The third-order valence-electron chi connectivity index (χ3n) is 10.3. The number of nitrogens with zero attached hydrogens (tertiary/aromatic N) is 3. The van der Waals surface area contributed by atoms with Gasteiger partial charge in [0.2, 0.25) is 0 Å². The summed E-state index contributed by atoms with van der Waals surface area (Å²) in [6.07, 6.45) is 2.02. The summed E-state index contributed by atoms with van der Waals surface area (Å²) in [6.45, 7) is 15.2. The monoisotopic (exact) mass is 928 g/mol. The van der Waals surface area contributed by atoms with Gasteiger partial charge in [-0.3, -0.25) is 4.98 Å². The zero-order valence-electron chi connectivity index (χ0n) is 32.6. The van der Waals surface area contributed by atoms with Gasteiger partial charge in [-0.15, -0.1) is 54.1 Å². The first-order valence-electron chi connectivity index (χ1n) is 18.6. The van der Waals surface area contributed by atoms with Crippen molar-refractivity contribution >= 4 is 46.2 Å². The molecule has 6 aromatic carbocycles. The summed E-state index contributed by atoms with van der Waals surface area (Å²) < 4.78 is 22.7. The largest absolute Gasteiger partial charge is 0.501 e. The molecular weight excluding hydrogens is 886 g/mol. The van der Waals surface area contributed by atoms with Gasteiger partial charge in [-0.1, -0.05) is 79.1 Å². The van der Waals surface area contributed by atoms with Crippen LogP contribution in [-0.2, 0) is 20.1 Å². The van der Waals surface area contributed by atoms with Crippen LogP contribution in [0.1, 0.15) is 22.3 Å². The number of hydrogen-bond acceptors (Lipinski definition) is 3. The molecule has 0 fully saturated rings. The summed E-state index contributed by atoms with van der Waals surface area (Å²) in [5.74, 6) is 0.583. The molecule has 0 spiro atoms. The van der Waals surface area contributed by atoms with E-state index in [0.717, 1.165) is 83.6 Å². The average molecular weight is 928 g/mol. The molecule has 56 heavy (non-hydrogen) atoms. The van der Waals surface area contributed by atoms with Crippen LogP contribution < -0.4 is 5.19 Å². The zero-order valence-corrected chi connectivity index (χ0v) is 36.0. The summed E-state index contributed by atoms with van der Waals surface area (Å²) in [4.78, 5) is 9.61. The van der Waals surface area contributed by atoms with E-state index in [2.05, 4.69) is 97.6 Å². The third-order valence-corrected chi connectivity index (χ3v) is 12.3. The van der Waals surface area contributed by atoms with Gasteiger partial charge in [-0.05, 0) is 108 Å². The van der Waals surface area contributed by atoms with Gasteiger partial charge < -0.3 is 14.0 Å². The van der Waals surface area contributed by atoms with Crippen molar-refractivity contribution in [3.05, 3.63) is 168 Å². The van der Waals surface area contributed by atoms with Crippen molar-refractivity contribution in [2.24, 2.45) is 0 Å². The van der Waals surface area contributed by atoms with Crippen LogP contribution in [0.15, 0.2) is 132 Å². The number of aryl methyl sites for hydroxylation is 4. The molecule has 0 aliphatic rings. The van der Waals surface area contributed by atoms with Crippen molar-refractivity contribution in [2.45, 2.75) is 47.3 Å². The second kappa shape index (κ2) is 15.6. The molecule has 9 rings (SSSR count). The second-order valence-corrected chi connectivity index (χ2v) is 20.4. The number of furan rings is 1. The number of hydrogen-bond donors (Lipinski definition) is 0. The fourth-order valence-corrected chi connectivity index (χ4v) is 8.59. The maximum Gasteiger partial charge on any atom is 0.123 e. The van der Waals surface area contributed by atoms with Crippen molar-refractivity contribution in [1.82, 2.24) is 14.5 Å². The van der Waals surface area contributed by atoms with E-state index >= 15 is 0 Å². The Labute approximate surface area is 342 Å². The predicted molar refractivity (Wildman–Crippen MR) is 228 cm³/mol. The van der Waals surface area contributed by atoms with Crippen molar-refractivity contribution in [1.29, 1.82) is 0 Å². The quantitative estimate of drug-likeness (QED) is 0.128. The van der Waals surface area contributed by atoms with Gasteiger partial charge in [0.15, 0.2) is 0 Å². The fourth-order valence-electron chi connectivity index (χ4n) is 7.56. The minimum absolute atomic E-state index is 0. The van der Waals surface area contributed by atoms with Crippen LogP contribution in [0.5, 0.6) is 0 Å². The molecule has 281 valence electrons. The van der Waals surface area contributed by atoms with Gasteiger partial charge in [0.1, 0.15) is 11.4 Å². The molecule has 0 saturated carbocycles. The number of aromatic nitrogens is 3. The molecule has 0 unspecified atom stereocenters. The van der Waals surface area contributed by atoms with Gasteiger partial charge in [0, 0.05) is 37.4 Å². The molecule has 3 aromatic heterocycles. The molecule has 0 atom stereocenters. The van der Waals surface area contributed by atoms with E-state index in [4.69, 9.17) is 9.40 Å². The van der Waals surface area contributed by atoms with Gasteiger partial charge >= 0.3 is 0 Å². The number of pyridine rings is 1. The summed E-state index contributed by atoms with van der Waals surface area (Å²) >= 11 is 0. The minimum atomic E-state index is -1.23. The normalized spacial score (nSPS) is 11.4. The summed E-state index contributed by atoms with van der Waals surface area (Å²) in [5, 5.41) is 3.40. The van der Waals surface area contributed by atoms with Crippen molar-refractivity contribution in [3.8, 4) is 39.5 Å². The predicted octanol–water partition coefficient (Wildman–Crippen LogP) is 12.5. The smallest absolute Gasteiger partial charge is 0.123 e. The van der Waals surface area contributed by atoms with E-state index in [1.165, 1.54) is 16.3 Å². The van der Waals surface area contributed by atoms with E-state index in [1.807, 2.05) is 86.8 Å². The molecule has 3 heterocycles. The maximum absolute atomic E-state index is 14.0. The Bertz CT molecular complexity index is 2810. The van der Waals surface area contributed by atoms with Crippen LogP contribution >= 0.6 is 0 Å². The van der Waals surface area contributed by atoms with Crippen LogP contribution in [0, 0.1) is 45.6 Å². The molecule has 0 aliphatic heterocycles. The van der Waals surface area contributed by atoms with Crippen molar-refractivity contribution < 1.29 is 28.9 Å². The van der Waals surface area contributed by atoms with Gasteiger partial charge in [0.05, 0.1) is 30.5 Å². The Kier molecular flexibility index (Phi) is 10.8. The molecule has 0 N–H and O–H groups in total. The number of imidazole rings is 1. The maximum atomic E-state index is 14.0. The van der Waals surface area contributed by atoms with Gasteiger partial charge in [-0.25, -0.2) is 4.39 Å². The second-order valence-electron chi connectivity index (χ2n) is 15.3. The Balaban J connectivity index is 0.000000238. The third kappa shape index (κ3) is 7.30. The summed E-state index contributed by atoms with van der Waals surface area (Å²) in [6, 6.07) is 46.8. The molecule has 4 nitrogen and oxygen atoms in total. The average Bonchev–Trinajstić information content (AvgIpc) is 3.73. The molecule has 1 radical (unpaired) electrons. The molecule has 0 bridgehead atoms. The van der Waals surface area contributed by atoms with E-state index in [-0.39, 0.29) is 25.9 Å². The number of benzene rings is 6. The Morgan fingerprint density at radius 2 is 1.43 bits per heavy atom. The fraction of sp³-hybridized carbons (Fsp3) is 0.143. The van der Waals surface area contributed by atoms with Crippen molar-refractivity contribution in [3.63, 3.8) is 0 Å². The van der Waals surface area contributed by atoms with Crippen LogP contribution in [0.25, 0.3) is 72.4 Å².